The Labute approximate surface area is 109 Å². The second kappa shape index (κ2) is 6.70. The van der Waals surface area contributed by atoms with E-state index in [4.69, 9.17) is 4.74 Å². The fourth-order valence-electron chi connectivity index (χ4n) is 1.22. The molecule has 0 heterocycles. The average Bonchev–Trinajstić information content (AvgIpc) is 2.21. The van der Waals surface area contributed by atoms with Crippen LogP contribution in [0.25, 0.3) is 0 Å². The summed E-state index contributed by atoms with van der Waals surface area (Å²) in [7, 11) is 1.61. The van der Waals surface area contributed by atoms with Crippen LogP contribution in [0.4, 0.5) is 10.5 Å². The van der Waals surface area contributed by atoms with Gasteiger partial charge in [-0.3, -0.25) is 0 Å². The molecule has 0 spiro atoms. The van der Waals surface area contributed by atoms with Crippen LogP contribution in [0.15, 0.2) is 24.3 Å². The summed E-state index contributed by atoms with van der Waals surface area (Å²) < 4.78 is 6.06. The highest BCUT2D eigenvalue weighted by atomic mass is 127. The Balaban J connectivity index is 2.42. The average molecular weight is 334 g/mol. The minimum atomic E-state index is -0.217. The zero-order valence-electron chi connectivity index (χ0n) is 9.29. The Kier molecular flexibility index (Phi) is 5.54. The Morgan fingerprint density at radius 1 is 1.44 bits per heavy atom. The molecule has 4 nitrogen and oxygen atoms in total. The zero-order chi connectivity index (χ0) is 12.0. The molecule has 88 valence electrons. The predicted octanol–water partition coefficient (Wildman–Crippen LogP) is 2.45. The van der Waals surface area contributed by atoms with Gasteiger partial charge in [0, 0.05) is 16.4 Å². The third-order valence-corrected chi connectivity index (χ3v) is 2.62. The number of halogens is 1. The number of hydrogen-bond acceptors (Lipinski definition) is 2. The summed E-state index contributed by atoms with van der Waals surface area (Å²) in [5.41, 5.74) is 0.780. The Morgan fingerprint density at radius 3 is 2.62 bits per heavy atom. The predicted molar refractivity (Wildman–Crippen MR) is 72.7 cm³/mol. The van der Waals surface area contributed by atoms with E-state index in [1.165, 1.54) is 0 Å². The van der Waals surface area contributed by atoms with E-state index in [-0.39, 0.29) is 12.1 Å². The summed E-state index contributed by atoms with van der Waals surface area (Å²) >= 11 is 2.22. The van der Waals surface area contributed by atoms with Crippen molar-refractivity contribution < 1.29 is 9.53 Å². The molecule has 1 aromatic carbocycles. The van der Waals surface area contributed by atoms with Crippen LogP contribution in [-0.4, -0.2) is 25.8 Å². The van der Waals surface area contributed by atoms with Gasteiger partial charge in [0.1, 0.15) is 0 Å². The lowest BCUT2D eigenvalue weighted by Gasteiger charge is -2.13. The second-order valence-corrected chi connectivity index (χ2v) is 4.71. The highest BCUT2D eigenvalue weighted by molar-refractivity contribution is 14.1. The molecule has 5 heteroatoms. The number of amides is 2. The Hall–Kier alpha value is -0.820. The third kappa shape index (κ3) is 4.80. The molecule has 2 amide bonds. The molecule has 0 aliphatic heterocycles. The van der Waals surface area contributed by atoms with Gasteiger partial charge in [-0.15, -0.1) is 0 Å². The van der Waals surface area contributed by atoms with Crippen LogP contribution in [0.1, 0.15) is 6.92 Å². The number of carbonyl (C=O) groups is 1. The van der Waals surface area contributed by atoms with Gasteiger partial charge < -0.3 is 15.4 Å². The molecule has 0 saturated carbocycles. The SMILES string of the molecule is COC[C@H](C)NC(=O)Nc1ccc(I)cc1. The van der Waals surface area contributed by atoms with Gasteiger partial charge in [-0.1, -0.05) is 0 Å². The number of carbonyl (C=O) groups excluding carboxylic acids is 1. The molecular weight excluding hydrogens is 319 g/mol. The van der Waals surface area contributed by atoms with Crippen molar-refractivity contribution >= 4 is 34.3 Å². The Morgan fingerprint density at radius 2 is 2.06 bits per heavy atom. The maximum absolute atomic E-state index is 11.5. The first-order valence-electron chi connectivity index (χ1n) is 4.94. The van der Waals surface area contributed by atoms with Crippen molar-refractivity contribution in [1.82, 2.24) is 5.32 Å². The second-order valence-electron chi connectivity index (χ2n) is 3.46. The first-order valence-corrected chi connectivity index (χ1v) is 6.01. The number of nitrogens with one attached hydrogen (secondary N) is 2. The minimum Gasteiger partial charge on any atom is -0.383 e. The number of hydrogen-bond donors (Lipinski definition) is 2. The fraction of sp³-hybridized carbons (Fsp3) is 0.364. The highest BCUT2D eigenvalue weighted by Gasteiger charge is 2.06. The first-order chi connectivity index (χ1) is 7.61. The minimum absolute atomic E-state index is 0.00570. The van der Waals surface area contributed by atoms with Crippen LogP contribution in [0.3, 0.4) is 0 Å². The van der Waals surface area contributed by atoms with Gasteiger partial charge in [0.25, 0.3) is 0 Å². The van der Waals surface area contributed by atoms with E-state index in [0.717, 1.165) is 9.26 Å². The Bertz CT molecular complexity index is 340. The van der Waals surface area contributed by atoms with Crippen molar-refractivity contribution in [1.29, 1.82) is 0 Å². The van der Waals surface area contributed by atoms with Crippen LogP contribution in [0.2, 0.25) is 0 Å². The van der Waals surface area contributed by atoms with Gasteiger partial charge >= 0.3 is 6.03 Å². The van der Waals surface area contributed by atoms with Crippen molar-refractivity contribution in [3.8, 4) is 0 Å². The topological polar surface area (TPSA) is 50.4 Å². The summed E-state index contributed by atoms with van der Waals surface area (Å²) in [6, 6.07) is 7.38. The molecule has 0 aromatic heterocycles. The van der Waals surface area contributed by atoms with Crippen molar-refractivity contribution in [2.75, 3.05) is 19.0 Å². The van der Waals surface area contributed by atoms with E-state index in [9.17, 15) is 4.79 Å². The number of rotatable bonds is 4. The fourth-order valence-corrected chi connectivity index (χ4v) is 1.58. The summed E-state index contributed by atoms with van der Waals surface area (Å²) in [6.45, 7) is 2.39. The van der Waals surface area contributed by atoms with Crippen LogP contribution < -0.4 is 10.6 Å². The molecule has 0 saturated heterocycles. The molecule has 0 aliphatic rings. The lowest BCUT2D eigenvalue weighted by molar-refractivity contribution is 0.173. The largest absolute Gasteiger partial charge is 0.383 e. The van der Waals surface area contributed by atoms with Gasteiger partial charge in [0.05, 0.1) is 12.6 Å². The summed E-state index contributed by atoms with van der Waals surface area (Å²) in [4.78, 5) is 11.5. The molecule has 1 rings (SSSR count). The molecule has 0 radical (unpaired) electrons. The van der Waals surface area contributed by atoms with E-state index < -0.39 is 0 Å². The molecule has 0 aliphatic carbocycles. The summed E-state index contributed by atoms with van der Waals surface area (Å²) in [5, 5.41) is 5.52. The summed E-state index contributed by atoms with van der Waals surface area (Å²) in [6.07, 6.45) is 0. The van der Waals surface area contributed by atoms with Crippen LogP contribution in [0.5, 0.6) is 0 Å². The maximum Gasteiger partial charge on any atom is 0.319 e. The molecular formula is C11H15IN2O2. The van der Waals surface area contributed by atoms with Crippen molar-refractivity contribution in [3.63, 3.8) is 0 Å². The van der Waals surface area contributed by atoms with Gasteiger partial charge in [-0.2, -0.15) is 0 Å². The molecule has 1 aromatic rings. The quantitative estimate of drug-likeness (QED) is 0.831. The molecule has 16 heavy (non-hydrogen) atoms. The summed E-state index contributed by atoms with van der Waals surface area (Å²) in [5.74, 6) is 0. The number of benzene rings is 1. The molecule has 2 N–H and O–H groups in total. The van der Waals surface area contributed by atoms with Gasteiger partial charge in [-0.25, -0.2) is 4.79 Å². The van der Waals surface area contributed by atoms with E-state index in [0.29, 0.717) is 6.61 Å². The number of ether oxygens (including phenoxy) is 1. The molecule has 0 unspecified atom stereocenters. The van der Waals surface area contributed by atoms with Crippen molar-refractivity contribution in [2.24, 2.45) is 0 Å². The highest BCUT2D eigenvalue weighted by Crippen LogP contribution is 2.10. The number of methoxy groups -OCH3 is 1. The van der Waals surface area contributed by atoms with Crippen molar-refractivity contribution in [2.45, 2.75) is 13.0 Å². The van der Waals surface area contributed by atoms with Gasteiger partial charge in [0.2, 0.25) is 0 Å². The van der Waals surface area contributed by atoms with Crippen molar-refractivity contribution in [3.05, 3.63) is 27.8 Å². The van der Waals surface area contributed by atoms with Crippen LogP contribution in [-0.2, 0) is 4.74 Å². The molecule has 0 fully saturated rings. The molecule has 1 atom stereocenters. The maximum atomic E-state index is 11.5. The van der Waals surface area contributed by atoms with E-state index in [2.05, 4.69) is 33.2 Å². The van der Waals surface area contributed by atoms with Gasteiger partial charge in [0.15, 0.2) is 0 Å². The normalized spacial score (nSPS) is 11.9. The zero-order valence-corrected chi connectivity index (χ0v) is 11.4. The number of anilines is 1. The van der Waals surface area contributed by atoms with E-state index in [1.807, 2.05) is 31.2 Å². The monoisotopic (exact) mass is 334 g/mol. The lowest BCUT2D eigenvalue weighted by atomic mass is 10.3. The molecule has 0 bridgehead atoms. The van der Waals surface area contributed by atoms with Crippen LogP contribution >= 0.6 is 22.6 Å². The van der Waals surface area contributed by atoms with Crippen LogP contribution in [0, 0.1) is 3.57 Å². The standard InChI is InChI=1S/C11H15IN2O2/c1-8(7-16-2)13-11(15)14-10-5-3-9(12)4-6-10/h3-6,8H,7H2,1-2H3,(H2,13,14,15)/t8-/m0/s1. The first kappa shape index (κ1) is 13.2. The van der Waals surface area contributed by atoms with E-state index >= 15 is 0 Å². The smallest absolute Gasteiger partial charge is 0.319 e. The van der Waals surface area contributed by atoms with Gasteiger partial charge in [-0.05, 0) is 53.8 Å². The van der Waals surface area contributed by atoms with E-state index in [1.54, 1.807) is 7.11 Å². The lowest BCUT2D eigenvalue weighted by Crippen LogP contribution is -2.38. The third-order valence-electron chi connectivity index (χ3n) is 1.90. The number of urea groups is 1.